The van der Waals surface area contributed by atoms with Crippen molar-refractivity contribution in [3.63, 3.8) is 0 Å². The van der Waals surface area contributed by atoms with Gasteiger partial charge >= 0.3 is 0 Å². The molecule has 0 fully saturated rings. The number of amides is 1. The van der Waals surface area contributed by atoms with Crippen molar-refractivity contribution >= 4 is 11.7 Å². The molecule has 0 saturated heterocycles. The molecule has 0 unspecified atom stereocenters. The van der Waals surface area contributed by atoms with Crippen molar-refractivity contribution in [2.24, 2.45) is 0 Å². The van der Waals surface area contributed by atoms with Crippen molar-refractivity contribution in [1.29, 1.82) is 0 Å². The van der Waals surface area contributed by atoms with Crippen LogP contribution in [0.2, 0.25) is 0 Å². The smallest absolute Gasteiger partial charge is 0.267 e. The first kappa shape index (κ1) is 17.7. The largest absolute Gasteiger partial charge is 0.504 e. The number of carbonyl (C=O) groups is 1. The molecular weight excluding hydrogens is 282 g/mol. The number of hydrogen-bond acceptors (Lipinski definition) is 4. The number of nitrogens with zero attached hydrogens (tertiary/aromatic N) is 2. The molecule has 0 spiro atoms. The molecule has 0 aromatic carbocycles. The number of aromatic nitrogens is 2. The zero-order chi connectivity index (χ0) is 16.5. The lowest BCUT2D eigenvalue weighted by Crippen LogP contribution is -2.35. The Morgan fingerprint density at radius 3 is 2.86 bits per heavy atom. The third-order valence-electron chi connectivity index (χ3n) is 3.01. The fourth-order valence-corrected chi connectivity index (χ4v) is 1.90. The lowest BCUT2D eigenvalue weighted by atomic mass is 10.2. The molecule has 0 saturated carbocycles. The molecule has 1 aliphatic rings. The highest BCUT2D eigenvalue weighted by Crippen LogP contribution is 2.10. The van der Waals surface area contributed by atoms with Gasteiger partial charge in [-0.2, -0.15) is 0 Å². The molecule has 6 heteroatoms. The molecule has 1 amide bonds. The maximum atomic E-state index is 12.3. The molecule has 1 aromatic rings. The summed E-state index contributed by atoms with van der Waals surface area (Å²) in [7, 11) is 0. The Hall–Kier alpha value is -2.37. The summed E-state index contributed by atoms with van der Waals surface area (Å²) in [6.45, 7) is 6.83. The van der Waals surface area contributed by atoms with E-state index in [4.69, 9.17) is 0 Å². The van der Waals surface area contributed by atoms with E-state index in [0.717, 1.165) is 12.8 Å². The van der Waals surface area contributed by atoms with Crippen LogP contribution in [0.5, 0.6) is 0 Å². The van der Waals surface area contributed by atoms with Crippen LogP contribution >= 0.6 is 0 Å². The van der Waals surface area contributed by atoms with Crippen LogP contribution in [0.25, 0.3) is 5.76 Å². The van der Waals surface area contributed by atoms with E-state index in [1.807, 2.05) is 20.8 Å². The number of hydrogen-bond donors (Lipinski definition) is 2. The fraction of sp³-hybridized carbons (Fsp3) is 0.438. The lowest BCUT2D eigenvalue weighted by molar-refractivity contribution is 0.0950. The van der Waals surface area contributed by atoms with E-state index in [1.165, 1.54) is 16.8 Å². The molecule has 6 nitrogen and oxygen atoms in total. The van der Waals surface area contributed by atoms with Crippen LogP contribution in [0, 0.1) is 0 Å². The number of rotatable bonds is 4. The Balaban J connectivity index is 0.00000116. The van der Waals surface area contributed by atoms with Gasteiger partial charge in [0.1, 0.15) is 5.56 Å². The van der Waals surface area contributed by atoms with E-state index >= 15 is 0 Å². The van der Waals surface area contributed by atoms with Gasteiger partial charge in [0, 0.05) is 19.3 Å². The number of fused-ring (bicyclic) bond motifs is 1. The molecule has 2 N–H and O–H groups in total. The monoisotopic (exact) mass is 305 g/mol. The quantitative estimate of drug-likeness (QED) is 0.836. The second-order valence-electron chi connectivity index (χ2n) is 4.50. The Bertz CT molecular complexity index is 630. The summed E-state index contributed by atoms with van der Waals surface area (Å²) in [5.74, 6) is -0.346. The van der Waals surface area contributed by atoms with Crippen LogP contribution in [-0.4, -0.2) is 27.1 Å². The van der Waals surface area contributed by atoms with Gasteiger partial charge in [-0.25, -0.2) is 4.98 Å². The highest BCUT2D eigenvalue weighted by molar-refractivity contribution is 5.93. The molecule has 1 aromatic heterocycles. The zero-order valence-corrected chi connectivity index (χ0v) is 13.3. The topological polar surface area (TPSA) is 84.2 Å². The van der Waals surface area contributed by atoms with Crippen molar-refractivity contribution in [3.05, 3.63) is 46.2 Å². The standard InChI is InChI=1S/C14H17N3O3.C2H6/c1-2-3-7-15-13(19)10-9-16-12-11(18)6-4-5-8-17(12)14(10)20;1-2/h4-6,9,18H,2-3,7-8H2,1H3,(H,15,19);1-2H3. The van der Waals surface area contributed by atoms with Crippen LogP contribution < -0.4 is 10.9 Å². The summed E-state index contributed by atoms with van der Waals surface area (Å²) < 4.78 is 1.28. The summed E-state index contributed by atoms with van der Waals surface area (Å²) in [5.41, 5.74) is -0.455. The van der Waals surface area contributed by atoms with Gasteiger partial charge in [0.15, 0.2) is 11.6 Å². The van der Waals surface area contributed by atoms with Gasteiger partial charge in [0.2, 0.25) is 0 Å². The third-order valence-corrected chi connectivity index (χ3v) is 3.01. The maximum Gasteiger partial charge on any atom is 0.267 e. The first-order valence-electron chi connectivity index (χ1n) is 7.59. The summed E-state index contributed by atoms with van der Waals surface area (Å²) in [4.78, 5) is 28.2. The fourth-order valence-electron chi connectivity index (χ4n) is 1.90. The van der Waals surface area contributed by atoms with Crippen molar-refractivity contribution in [2.45, 2.75) is 40.2 Å². The molecule has 22 heavy (non-hydrogen) atoms. The van der Waals surface area contributed by atoms with Crippen molar-refractivity contribution in [2.75, 3.05) is 6.54 Å². The summed E-state index contributed by atoms with van der Waals surface area (Å²) in [6, 6.07) is 0. The van der Waals surface area contributed by atoms with Crippen LogP contribution in [-0.2, 0) is 6.54 Å². The number of nitrogens with one attached hydrogen (secondary N) is 1. The van der Waals surface area contributed by atoms with Gasteiger partial charge in [-0.3, -0.25) is 14.2 Å². The molecule has 2 rings (SSSR count). The first-order chi connectivity index (χ1) is 10.6. The molecular formula is C16H23N3O3. The van der Waals surface area contributed by atoms with Gasteiger partial charge in [-0.05, 0) is 12.5 Å². The predicted octanol–water partition coefficient (Wildman–Crippen LogP) is 2.27. The second-order valence-corrected chi connectivity index (χ2v) is 4.50. The lowest BCUT2D eigenvalue weighted by Gasteiger charge is -2.10. The molecule has 0 bridgehead atoms. The maximum absolute atomic E-state index is 12.3. The van der Waals surface area contributed by atoms with Crippen LogP contribution in [0.15, 0.2) is 29.2 Å². The Morgan fingerprint density at radius 2 is 2.18 bits per heavy atom. The third kappa shape index (κ3) is 4.07. The minimum Gasteiger partial charge on any atom is -0.504 e. The molecule has 120 valence electrons. The van der Waals surface area contributed by atoms with E-state index < -0.39 is 11.5 Å². The number of unbranched alkanes of at least 4 members (excludes halogenated alkanes) is 1. The van der Waals surface area contributed by atoms with E-state index in [9.17, 15) is 14.7 Å². The molecule has 1 aliphatic heterocycles. The summed E-state index contributed by atoms with van der Waals surface area (Å²) in [6.07, 6.45) is 7.86. The van der Waals surface area contributed by atoms with Gasteiger partial charge in [0.05, 0.1) is 0 Å². The van der Waals surface area contributed by atoms with Crippen LogP contribution in [0.4, 0.5) is 0 Å². The predicted molar refractivity (Wildman–Crippen MR) is 86.8 cm³/mol. The molecule has 0 aliphatic carbocycles. The van der Waals surface area contributed by atoms with Gasteiger partial charge in [-0.1, -0.05) is 39.3 Å². The Labute approximate surface area is 130 Å². The average Bonchev–Trinajstić information content (AvgIpc) is 2.72. The normalized spacial score (nSPS) is 12.4. The van der Waals surface area contributed by atoms with Gasteiger partial charge in [-0.15, -0.1) is 0 Å². The molecule has 2 heterocycles. The van der Waals surface area contributed by atoms with E-state index in [0.29, 0.717) is 6.54 Å². The summed E-state index contributed by atoms with van der Waals surface area (Å²) >= 11 is 0. The zero-order valence-electron chi connectivity index (χ0n) is 13.3. The van der Waals surface area contributed by atoms with Gasteiger partial charge in [0.25, 0.3) is 11.5 Å². The summed E-state index contributed by atoms with van der Waals surface area (Å²) in [5, 5.41) is 12.4. The van der Waals surface area contributed by atoms with Crippen molar-refractivity contribution in [1.82, 2.24) is 14.9 Å². The molecule has 0 atom stereocenters. The number of carbonyl (C=O) groups excluding carboxylic acids is 1. The van der Waals surface area contributed by atoms with Crippen LogP contribution in [0.1, 0.15) is 49.8 Å². The van der Waals surface area contributed by atoms with Crippen molar-refractivity contribution in [3.8, 4) is 0 Å². The minimum absolute atomic E-state index is 0.00652. The van der Waals surface area contributed by atoms with E-state index in [1.54, 1.807) is 12.2 Å². The molecule has 0 radical (unpaired) electrons. The minimum atomic E-state index is -0.449. The average molecular weight is 305 g/mol. The van der Waals surface area contributed by atoms with E-state index in [2.05, 4.69) is 10.3 Å². The first-order valence-corrected chi connectivity index (χ1v) is 7.59. The SMILES string of the molecule is CC.CCCCNC(=O)c1cnc2n(c1=O)CC=CC=C2O. The van der Waals surface area contributed by atoms with E-state index in [-0.39, 0.29) is 23.7 Å². The Morgan fingerprint density at radius 1 is 1.45 bits per heavy atom. The number of aliphatic hydroxyl groups excluding tert-OH is 1. The van der Waals surface area contributed by atoms with Crippen LogP contribution in [0.3, 0.4) is 0 Å². The highest BCUT2D eigenvalue weighted by atomic mass is 16.3. The second kappa shape index (κ2) is 8.81. The number of aliphatic hydroxyl groups is 1. The Kier molecular flexibility index (Phi) is 7.08. The van der Waals surface area contributed by atoms with Crippen molar-refractivity contribution < 1.29 is 9.90 Å². The highest BCUT2D eigenvalue weighted by Gasteiger charge is 2.17. The van der Waals surface area contributed by atoms with Gasteiger partial charge < -0.3 is 10.4 Å². The number of allylic oxidation sites excluding steroid dienone is 3.